The van der Waals surface area contributed by atoms with Crippen molar-refractivity contribution in [1.82, 2.24) is 10.9 Å². The van der Waals surface area contributed by atoms with Gasteiger partial charge in [0, 0.05) is 13.1 Å². The summed E-state index contributed by atoms with van der Waals surface area (Å²) in [4.78, 5) is 0. The fraction of sp³-hybridized carbons (Fsp3) is 0.143. The molecular weight excluding hydrogens is 310 g/mol. The molecule has 3 aromatic rings. The summed E-state index contributed by atoms with van der Waals surface area (Å²) >= 11 is 0. The molecule has 4 nitrogen and oxygen atoms in total. The topological polar surface area (TPSA) is 36.5 Å². The number of anilines is 1. The van der Waals surface area contributed by atoms with Crippen LogP contribution in [0.25, 0.3) is 0 Å². The molecule has 0 spiro atoms. The van der Waals surface area contributed by atoms with Gasteiger partial charge in [-0.05, 0) is 35.4 Å². The number of benzene rings is 3. The first-order valence-corrected chi connectivity index (χ1v) is 8.34. The van der Waals surface area contributed by atoms with Crippen molar-refractivity contribution in [2.24, 2.45) is 0 Å². The largest absolute Gasteiger partial charge is 0.497 e. The van der Waals surface area contributed by atoms with Crippen LogP contribution in [0.3, 0.4) is 0 Å². The molecule has 0 fully saturated rings. The molecule has 3 rings (SSSR count). The normalized spacial score (nSPS) is 10.4. The molecule has 0 atom stereocenters. The van der Waals surface area contributed by atoms with Gasteiger partial charge in [0.2, 0.25) is 0 Å². The fourth-order valence-corrected chi connectivity index (χ4v) is 2.50. The number of rotatable bonds is 8. The van der Waals surface area contributed by atoms with Crippen LogP contribution in [0, 0.1) is 0 Å². The Kier molecular flexibility index (Phi) is 6.04. The minimum Gasteiger partial charge on any atom is -0.497 e. The third-order valence-electron chi connectivity index (χ3n) is 3.90. The second-order valence-electron chi connectivity index (χ2n) is 5.67. The first-order valence-electron chi connectivity index (χ1n) is 8.34. The van der Waals surface area contributed by atoms with Crippen molar-refractivity contribution >= 4 is 5.69 Å². The maximum atomic E-state index is 5.25. The third-order valence-corrected chi connectivity index (χ3v) is 3.90. The van der Waals surface area contributed by atoms with Crippen molar-refractivity contribution in [3.05, 3.63) is 96.1 Å². The Morgan fingerprint density at radius 1 is 0.680 bits per heavy atom. The lowest BCUT2D eigenvalue weighted by Gasteiger charge is -2.26. The van der Waals surface area contributed by atoms with Crippen LogP contribution >= 0.6 is 0 Å². The molecule has 0 amide bonds. The first-order chi connectivity index (χ1) is 12.3. The van der Waals surface area contributed by atoms with E-state index in [1.54, 1.807) is 7.11 Å². The van der Waals surface area contributed by atoms with Crippen LogP contribution in [-0.4, -0.2) is 7.11 Å². The predicted octanol–water partition coefficient (Wildman–Crippen LogP) is 3.91. The van der Waals surface area contributed by atoms with Crippen LogP contribution in [0.15, 0.2) is 84.9 Å². The van der Waals surface area contributed by atoms with E-state index in [1.165, 1.54) is 11.1 Å². The minimum absolute atomic E-state index is 0.731. The van der Waals surface area contributed by atoms with Crippen molar-refractivity contribution in [2.75, 3.05) is 12.2 Å². The summed E-state index contributed by atoms with van der Waals surface area (Å²) in [5, 5.41) is 1.96. The second kappa shape index (κ2) is 8.87. The Morgan fingerprint density at radius 2 is 1.16 bits per heavy atom. The molecule has 0 aliphatic carbocycles. The standard InChI is InChI=1S/C21H23N3O/c1-25-21-14-12-20(13-15-21)24(22-16-18-8-4-2-5-9-18)23-17-19-10-6-3-7-11-19/h2-15,22-23H,16-17H2,1H3. The maximum Gasteiger partial charge on any atom is 0.119 e. The fourth-order valence-electron chi connectivity index (χ4n) is 2.50. The van der Waals surface area contributed by atoms with E-state index < -0.39 is 0 Å². The Hall–Kier alpha value is -2.82. The average Bonchev–Trinajstić information content (AvgIpc) is 2.70. The van der Waals surface area contributed by atoms with Crippen molar-refractivity contribution in [3.8, 4) is 5.75 Å². The molecule has 0 unspecified atom stereocenters. The number of nitrogens with one attached hydrogen (secondary N) is 2. The Bertz CT molecular complexity index is 702. The number of hydrogen-bond donors (Lipinski definition) is 2. The Labute approximate surface area is 149 Å². The quantitative estimate of drug-likeness (QED) is 0.613. The van der Waals surface area contributed by atoms with E-state index in [0.29, 0.717) is 0 Å². The van der Waals surface area contributed by atoms with Crippen LogP contribution in [0.2, 0.25) is 0 Å². The highest BCUT2D eigenvalue weighted by Gasteiger charge is 2.07. The lowest BCUT2D eigenvalue weighted by molar-refractivity contribution is 0.414. The highest BCUT2D eigenvalue weighted by atomic mass is 16.5. The summed E-state index contributed by atoms with van der Waals surface area (Å²) in [7, 11) is 1.67. The van der Waals surface area contributed by atoms with Gasteiger partial charge in [-0.3, -0.25) is 0 Å². The van der Waals surface area contributed by atoms with Gasteiger partial charge in [-0.1, -0.05) is 60.7 Å². The molecule has 0 aromatic heterocycles. The minimum atomic E-state index is 0.731. The summed E-state index contributed by atoms with van der Waals surface area (Å²) in [6.45, 7) is 1.46. The molecule has 4 heteroatoms. The third kappa shape index (κ3) is 5.08. The SMILES string of the molecule is COc1ccc(N(NCc2ccccc2)NCc2ccccc2)cc1. The van der Waals surface area contributed by atoms with E-state index in [0.717, 1.165) is 24.5 Å². The number of ether oxygens (including phenoxy) is 1. The number of nitrogens with zero attached hydrogens (tertiary/aromatic N) is 1. The highest BCUT2D eigenvalue weighted by molar-refractivity contribution is 5.47. The number of hydrogen-bond acceptors (Lipinski definition) is 4. The number of methoxy groups -OCH3 is 1. The van der Waals surface area contributed by atoms with Crippen LogP contribution in [0.5, 0.6) is 5.75 Å². The molecule has 0 saturated carbocycles. The van der Waals surface area contributed by atoms with Gasteiger partial charge in [0.15, 0.2) is 0 Å². The van der Waals surface area contributed by atoms with Gasteiger partial charge in [0.25, 0.3) is 0 Å². The lowest BCUT2D eigenvalue weighted by Crippen LogP contribution is -2.47. The summed E-state index contributed by atoms with van der Waals surface area (Å²) in [6.07, 6.45) is 0. The molecule has 25 heavy (non-hydrogen) atoms. The molecule has 0 saturated heterocycles. The highest BCUT2D eigenvalue weighted by Crippen LogP contribution is 2.17. The van der Waals surface area contributed by atoms with Gasteiger partial charge >= 0.3 is 0 Å². The van der Waals surface area contributed by atoms with E-state index >= 15 is 0 Å². The number of hydrazine groups is 2. The summed E-state index contributed by atoms with van der Waals surface area (Å²) in [6, 6.07) is 28.6. The lowest BCUT2D eigenvalue weighted by atomic mass is 10.2. The molecule has 2 N–H and O–H groups in total. The zero-order valence-corrected chi connectivity index (χ0v) is 14.4. The summed E-state index contributed by atoms with van der Waals surface area (Å²) in [5.41, 5.74) is 10.4. The second-order valence-corrected chi connectivity index (χ2v) is 5.67. The maximum absolute atomic E-state index is 5.25. The molecule has 0 heterocycles. The van der Waals surface area contributed by atoms with E-state index in [1.807, 2.05) is 65.8 Å². The van der Waals surface area contributed by atoms with Crippen LogP contribution in [0.4, 0.5) is 5.69 Å². The molecule has 0 aliphatic rings. The summed E-state index contributed by atoms with van der Waals surface area (Å²) in [5.74, 6) is 0.842. The van der Waals surface area contributed by atoms with E-state index in [-0.39, 0.29) is 0 Å². The average molecular weight is 333 g/mol. The molecule has 0 radical (unpaired) electrons. The monoisotopic (exact) mass is 333 g/mol. The molecule has 128 valence electrons. The van der Waals surface area contributed by atoms with Gasteiger partial charge < -0.3 is 4.74 Å². The Morgan fingerprint density at radius 3 is 1.60 bits per heavy atom. The van der Waals surface area contributed by atoms with Crippen molar-refractivity contribution < 1.29 is 4.74 Å². The zero-order valence-electron chi connectivity index (χ0n) is 14.4. The molecule has 0 bridgehead atoms. The van der Waals surface area contributed by atoms with Gasteiger partial charge in [-0.15, -0.1) is 0 Å². The predicted molar refractivity (Wildman–Crippen MR) is 102 cm³/mol. The van der Waals surface area contributed by atoms with Crippen LogP contribution in [0.1, 0.15) is 11.1 Å². The van der Waals surface area contributed by atoms with Crippen molar-refractivity contribution in [2.45, 2.75) is 13.1 Å². The smallest absolute Gasteiger partial charge is 0.119 e. The van der Waals surface area contributed by atoms with E-state index in [2.05, 4.69) is 35.1 Å². The molecular formula is C21H23N3O. The van der Waals surface area contributed by atoms with Crippen molar-refractivity contribution in [1.29, 1.82) is 0 Å². The zero-order chi connectivity index (χ0) is 17.3. The molecule has 3 aromatic carbocycles. The van der Waals surface area contributed by atoms with Crippen LogP contribution in [-0.2, 0) is 13.1 Å². The van der Waals surface area contributed by atoms with Gasteiger partial charge in [0.1, 0.15) is 5.75 Å². The van der Waals surface area contributed by atoms with Gasteiger partial charge in [-0.25, -0.2) is 16.0 Å². The van der Waals surface area contributed by atoms with Crippen LogP contribution < -0.4 is 20.7 Å². The van der Waals surface area contributed by atoms with E-state index in [9.17, 15) is 0 Å². The Balaban J connectivity index is 1.70. The van der Waals surface area contributed by atoms with E-state index in [4.69, 9.17) is 4.74 Å². The van der Waals surface area contributed by atoms with Gasteiger partial charge in [0.05, 0.1) is 12.8 Å². The summed E-state index contributed by atoms with van der Waals surface area (Å²) < 4.78 is 5.25. The van der Waals surface area contributed by atoms with Gasteiger partial charge in [-0.2, -0.15) is 0 Å². The first kappa shape index (κ1) is 17.0. The molecule has 0 aliphatic heterocycles. The van der Waals surface area contributed by atoms with Crippen molar-refractivity contribution in [3.63, 3.8) is 0 Å².